The maximum Gasteiger partial charge on any atom is 0.407 e. The number of unbranched alkanes of at least 4 members (excludes halogenated alkanes) is 3. The second kappa shape index (κ2) is 15.8. The van der Waals surface area contributed by atoms with Crippen LogP contribution in [0.5, 0.6) is 0 Å². The highest BCUT2D eigenvalue weighted by molar-refractivity contribution is 5.78. The number of carbonyl (C=O) groups excluding carboxylic acids is 2. The van der Waals surface area contributed by atoms with Crippen molar-refractivity contribution >= 4 is 29.9 Å². The predicted octanol–water partition coefficient (Wildman–Crippen LogP) is 1.28. The van der Waals surface area contributed by atoms with Gasteiger partial charge in [0.15, 0.2) is 0 Å². The van der Waals surface area contributed by atoms with Gasteiger partial charge in [-0.3, -0.25) is 24.1 Å². The van der Waals surface area contributed by atoms with Crippen molar-refractivity contribution in [2.45, 2.75) is 77.4 Å². The smallest absolute Gasteiger partial charge is 0.407 e. The van der Waals surface area contributed by atoms with E-state index in [1.54, 1.807) is 20.8 Å². The van der Waals surface area contributed by atoms with Crippen LogP contribution in [0.1, 0.15) is 65.7 Å². The van der Waals surface area contributed by atoms with Crippen molar-refractivity contribution in [2.75, 3.05) is 26.2 Å². The minimum atomic E-state index is -1.31. The molecular formula is C21H37N3O9. The molecule has 0 rings (SSSR count). The number of carboxylic acids is 3. The standard InChI is InChI=1S/C21H37N3O9/c1-21(2,3)33-20(32)23-12-7-4-5-10-16(25)22-11-8-6-9-15(19(30)31)24(13-17(26)27)14-18(28)29/h15H,4-14H2,1-3H3,(H,22,25)(H,23,32)(H,26,27)(H,28,29)(H,30,31). The van der Waals surface area contributed by atoms with Crippen LogP contribution in [0.25, 0.3) is 0 Å². The first-order valence-corrected chi connectivity index (χ1v) is 11.0. The molecule has 12 nitrogen and oxygen atoms in total. The van der Waals surface area contributed by atoms with Crippen molar-refractivity contribution in [1.29, 1.82) is 0 Å². The number of ether oxygens (including phenoxy) is 1. The molecule has 0 aromatic carbocycles. The number of aliphatic carboxylic acids is 3. The van der Waals surface area contributed by atoms with Gasteiger partial charge in [0, 0.05) is 19.5 Å². The lowest BCUT2D eigenvalue weighted by molar-refractivity contribution is -0.149. The first kappa shape index (κ1) is 30.1. The van der Waals surface area contributed by atoms with Crippen LogP contribution < -0.4 is 10.6 Å². The number of carbonyl (C=O) groups is 5. The molecule has 0 aliphatic heterocycles. The summed E-state index contributed by atoms with van der Waals surface area (Å²) in [5.74, 6) is -4.04. The number of nitrogens with zero attached hydrogens (tertiary/aromatic N) is 1. The lowest BCUT2D eigenvalue weighted by Gasteiger charge is -2.25. The van der Waals surface area contributed by atoms with Gasteiger partial charge in [-0.15, -0.1) is 0 Å². The molecule has 33 heavy (non-hydrogen) atoms. The van der Waals surface area contributed by atoms with Crippen molar-refractivity contribution in [3.63, 3.8) is 0 Å². The normalized spacial score (nSPS) is 12.1. The maximum atomic E-state index is 11.9. The van der Waals surface area contributed by atoms with Crippen molar-refractivity contribution in [3.8, 4) is 0 Å². The van der Waals surface area contributed by atoms with Crippen LogP contribution in [-0.2, 0) is 23.9 Å². The third-order valence-corrected chi connectivity index (χ3v) is 4.38. The third-order valence-electron chi connectivity index (χ3n) is 4.38. The minimum Gasteiger partial charge on any atom is -0.480 e. The third kappa shape index (κ3) is 17.4. The van der Waals surface area contributed by atoms with Crippen molar-refractivity contribution in [1.82, 2.24) is 15.5 Å². The van der Waals surface area contributed by atoms with E-state index in [0.29, 0.717) is 45.2 Å². The van der Waals surface area contributed by atoms with Crippen LogP contribution in [0.2, 0.25) is 0 Å². The first-order chi connectivity index (χ1) is 15.3. The Hall–Kier alpha value is -2.89. The average molecular weight is 476 g/mol. The zero-order chi connectivity index (χ0) is 25.4. The number of carboxylic acid groups (broad SMARTS) is 3. The van der Waals surface area contributed by atoms with Gasteiger partial charge in [0.1, 0.15) is 11.6 Å². The summed E-state index contributed by atoms with van der Waals surface area (Å²) in [4.78, 5) is 57.5. The quantitative estimate of drug-likeness (QED) is 0.192. The number of rotatable bonds is 17. The molecule has 0 aromatic rings. The molecular weight excluding hydrogens is 438 g/mol. The summed E-state index contributed by atoms with van der Waals surface area (Å²) in [6, 6.07) is -1.23. The van der Waals surface area contributed by atoms with Gasteiger partial charge >= 0.3 is 24.0 Å². The highest BCUT2D eigenvalue weighted by Crippen LogP contribution is 2.10. The fourth-order valence-corrected chi connectivity index (χ4v) is 2.96. The average Bonchev–Trinajstić information content (AvgIpc) is 2.64. The number of nitrogens with one attached hydrogen (secondary N) is 2. The molecule has 0 saturated heterocycles. The predicted molar refractivity (Wildman–Crippen MR) is 118 cm³/mol. The Bertz CT molecular complexity index is 646. The van der Waals surface area contributed by atoms with Crippen molar-refractivity contribution in [3.05, 3.63) is 0 Å². The Balaban J connectivity index is 4.03. The van der Waals surface area contributed by atoms with E-state index in [9.17, 15) is 29.1 Å². The fraction of sp³-hybridized carbons (Fsp3) is 0.762. The minimum absolute atomic E-state index is 0.0659. The summed E-state index contributed by atoms with van der Waals surface area (Å²) in [6.07, 6.45) is 2.90. The molecule has 0 bridgehead atoms. The van der Waals surface area contributed by atoms with Crippen LogP contribution >= 0.6 is 0 Å². The van der Waals surface area contributed by atoms with E-state index >= 15 is 0 Å². The molecule has 12 heteroatoms. The molecule has 0 heterocycles. The largest absolute Gasteiger partial charge is 0.480 e. The second-order valence-electron chi connectivity index (χ2n) is 8.63. The second-order valence-corrected chi connectivity index (χ2v) is 8.63. The Kier molecular flexibility index (Phi) is 14.5. The highest BCUT2D eigenvalue weighted by atomic mass is 16.6. The lowest BCUT2D eigenvalue weighted by atomic mass is 10.1. The number of alkyl carbamates (subject to hydrolysis) is 1. The number of hydrogen-bond donors (Lipinski definition) is 5. The maximum absolute atomic E-state index is 11.9. The van der Waals surface area contributed by atoms with Crippen molar-refractivity contribution in [2.24, 2.45) is 0 Å². The van der Waals surface area contributed by atoms with E-state index in [0.717, 1.165) is 11.3 Å². The summed E-state index contributed by atoms with van der Waals surface area (Å²) < 4.78 is 5.12. The van der Waals surface area contributed by atoms with E-state index in [-0.39, 0.29) is 12.3 Å². The molecule has 0 spiro atoms. The van der Waals surface area contributed by atoms with Crippen LogP contribution in [-0.4, -0.2) is 87.9 Å². The Labute approximate surface area is 193 Å². The summed E-state index contributed by atoms with van der Waals surface area (Å²) >= 11 is 0. The Morgan fingerprint density at radius 3 is 1.88 bits per heavy atom. The topological polar surface area (TPSA) is 183 Å². The molecule has 0 radical (unpaired) electrons. The van der Waals surface area contributed by atoms with Gasteiger partial charge in [0.2, 0.25) is 5.91 Å². The van der Waals surface area contributed by atoms with Gasteiger partial charge in [-0.25, -0.2) is 4.79 Å². The molecule has 0 aliphatic rings. The number of amides is 2. The van der Waals surface area contributed by atoms with Crippen LogP contribution in [0.4, 0.5) is 4.79 Å². The summed E-state index contributed by atoms with van der Waals surface area (Å²) in [5.41, 5.74) is -0.549. The molecule has 0 aromatic heterocycles. The van der Waals surface area contributed by atoms with E-state index in [1.807, 2.05) is 0 Å². The molecule has 0 saturated carbocycles. The van der Waals surface area contributed by atoms with Gasteiger partial charge < -0.3 is 30.7 Å². The van der Waals surface area contributed by atoms with Gasteiger partial charge in [-0.1, -0.05) is 6.42 Å². The van der Waals surface area contributed by atoms with E-state index in [2.05, 4.69) is 10.6 Å². The highest BCUT2D eigenvalue weighted by Gasteiger charge is 2.28. The lowest BCUT2D eigenvalue weighted by Crippen LogP contribution is -2.46. The van der Waals surface area contributed by atoms with Gasteiger partial charge in [0.25, 0.3) is 0 Å². The van der Waals surface area contributed by atoms with Crippen LogP contribution in [0.15, 0.2) is 0 Å². The van der Waals surface area contributed by atoms with Crippen LogP contribution in [0, 0.1) is 0 Å². The zero-order valence-electron chi connectivity index (χ0n) is 19.6. The summed E-state index contributed by atoms with van der Waals surface area (Å²) in [6.45, 7) is 4.77. The van der Waals surface area contributed by atoms with Crippen molar-refractivity contribution < 1.29 is 44.0 Å². The first-order valence-electron chi connectivity index (χ1n) is 11.0. The molecule has 190 valence electrons. The number of hydrogen-bond acceptors (Lipinski definition) is 7. The molecule has 1 atom stereocenters. The molecule has 1 unspecified atom stereocenters. The molecule has 0 aliphatic carbocycles. The SMILES string of the molecule is CC(C)(C)OC(=O)NCCCCCC(=O)NCCCCC(C(=O)O)N(CC(=O)O)CC(=O)O. The van der Waals surface area contributed by atoms with E-state index in [4.69, 9.17) is 14.9 Å². The van der Waals surface area contributed by atoms with Gasteiger partial charge in [-0.05, 0) is 52.9 Å². The monoisotopic (exact) mass is 475 g/mol. The fourth-order valence-electron chi connectivity index (χ4n) is 2.96. The van der Waals surface area contributed by atoms with Gasteiger partial charge in [0.05, 0.1) is 13.1 Å². The summed E-state index contributed by atoms with van der Waals surface area (Å²) in [7, 11) is 0. The zero-order valence-corrected chi connectivity index (χ0v) is 19.6. The Morgan fingerprint density at radius 2 is 1.36 bits per heavy atom. The van der Waals surface area contributed by atoms with Crippen LogP contribution in [0.3, 0.4) is 0 Å². The molecule has 0 fully saturated rings. The van der Waals surface area contributed by atoms with Gasteiger partial charge in [-0.2, -0.15) is 0 Å². The van der Waals surface area contributed by atoms with E-state index in [1.165, 1.54) is 0 Å². The Morgan fingerprint density at radius 1 is 0.818 bits per heavy atom. The molecule has 2 amide bonds. The molecule has 5 N–H and O–H groups in total. The van der Waals surface area contributed by atoms with E-state index < -0.39 is 48.7 Å². The summed E-state index contributed by atoms with van der Waals surface area (Å²) in [5, 5.41) is 32.5.